The van der Waals surface area contributed by atoms with Crippen LogP contribution in [0, 0.1) is 13.8 Å². The molecule has 1 heterocycles. The lowest BCUT2D eigenvalue weighted by Crippen LogP contribution is -2.50. The van der Waals surface area contributed by atoms with E-state index in [9.17, 15) is 13.2 Å². The fourth-order valence-electron chi connectivity index (χ4n) is 3.29. The number of methoxy groups -OCH3 is 1. The summed E-state index contributed by atoms with van der Waals surface area (Å²) >= 11 is 0. The Hall–Kier alpha value is -2.64. The minimum Gasteiger partial charge on any atom is -0.497 e. The molecule has 0 bridgehead atoms. The quantitative estimate of drug-likeness (QED) is 0.706. The molecule has 154 valence electrons. The monoisotopic (exact) mass is 414 g/mol. The summed E-state index contributed by atoms with van der Waals surface area (Å²) in [7, 11) is -1.97. The highest BCUT2D eigenvalue weighted by atomic mass is 32.2. The van der Waals surface area contributed by atoms with E-state index in [2.05, 4.69) is 0 Å². The number of carbonyl (C=O) groups is 1. The molecule has 29 heavy (non-hydrogen) atoms. The van der Waals surface area contributed by atoms with Gasteiger partial charge in [-0.3, -0.25) is 4.79 Å². The van der Waals surface area contributed by atoms with E-state index in [4.69, 9.17) is 4.74 Å². The standard InChI is InChI=1S/C22H26N2O4S/c1-17-7-8-18(2)21(15-17)29(26,27)24-13-11-23(12-14-24)22(25)10-9-19-5-4-6-20(16-19)28-3/h4-10,15-16H,11-14H2,1-3H3/b10-9+. The van der Waals surface area contributed by atoms with Crippen molar-refractivity contribution in [3.63, 3.8) is 0 Å². The molecule has 3 rings (SSSR count). The van der Waals surface area contributed by atoms with Gasteiger partial charge in [0.05, 0.1) is 12.0 Å². The molecule has 0 aliphatic carbocycles. The Labute approximate surface area is 172 Å². The van der Waals surface area contributed by atoms with E-state index in [1.165, 1.54) is 10.4 Å². The zero-order chi connectivity index (χ0) is 21.0. The first kappa shape index (κ1) is 21.1. The molecule has 0 radical (unpaired) electrons. The van der Waals surface area contributed by atoms with Crippen molar-refractivity contribution in [2.75, 3.05) is 33.3 Å². The van der Waals surface area contributed by atoms with Crippen LogP contribution in [0.3, 0.4) is 0 Å². The molecule has 0 atom stereocenters. The minimum absolute atomic E-state index is 0.128. The number of carbonyl (C=O) groups excluding carboxylic acids is 1. The van der Waals surface area contributed by atoms with E-state index in [0.29, 0.717) is 18.0 Å². The summed E-state index contributed by atoms with van der Waals surface area (Å²) in [5, 5.41) is 0. The van der Waals surface area contributed by atoms with Gasteiger partial charge in [-0.15, -0.1) is 0 Å². The average Bonchev–Trinajstić information content (AvgIpc) is 2.74. The second-order valence-electron chi connectivity index (χ2n) is 7.11. The predicted molar refractivity (Wildman–Crippen MR) is 113 cm³/mol. The number of nitrogens with zero attached hydrogens (tertiary/aromatic N) is 2. The van der Waals surface area contributed by atoms with Crippen molar-refractivity contribution in [2.24, 2.45) is 0 Å². The molecule has 1 amide bonds. The van der Waals surface area contributed by atoms with Crippen molar-refractivity contribution < 1.29 is 17.9 Å². The molecule has 0 spiro atoms. The number of aryl methyl sites for hydroxylation is 2. The van der Waals surface area contributed by atoms with Crippen molar-refractivity contribution >= 4 is 22.0 Å². The number of piperazine rings is 1. The first-order chi connectivity index (χ1) is 13.8. The predicted octanol–water partition coefficient (Wildman–Crippen LogP) is 2.86. The smallest absolute Gasteiger partial charge is 0.246 e. The van der Waals surface area contributed by atoms with E-state index in [-0.39, 0.29) is 19.0 Å². The Kier molecular flexibility index (Phi) is 6.39. The Morgan fingerprint density at radius 3 is 2.45 bits per heavy atom. The van der Waals surface area contributed by atoms with Gasteiger partial charge >= 0.3 is 0 Å². The fraction of sp³-hybridized carbons (Fsp3) is 0.318. The lowest BCUT2D eigenvalue weighted by molar-refractivity contribution is -0.127. The third-order valence-corrected chi connectivity index (χ3v) is 7.06. The van der Waals surface area contributed by atoms with E-state index in [1.807, 2.05) is 43.3 Å². The van der Waals surface area contributed by atoms with Crippen molar-refractivity contribution in [3.8, 4) is 5.75 Å². The summed E-state index contributed by atoms with van der Waals surface area (Å²) in [6.07, 6.45) is 3.26. The molecule has 1 saturated heterocycles. The van der Waals surface area contributed by atoms with Crippen molar-refractivity contribution in [3.05, 3.63) is 65.2 Å². The lowest BCUT2D eigenvalue weighted by atomic mass is 10.2. The van der Waals surface area contributed by atoms with Gasteiger partial charge in [-0.1, -0.05) is 24.3 Å². The summed E-state index contributed by atoms with van der Waals surface area (Å²) in [6, 6.07) is 12.9. The largest absolute Gasteiger partial charge is 0.497 e. The van der Waals surface area contributed by atoms with Crippen LogP contribution in [0.2, 0.25) is 0 Å². The molecule has 0 saturated carbocycles. The van der Waals surface area contributed by atoms with Gasteiger partial charge < -0.3 is 9.64 Å². The highest BCUT2D eigenvalue weighted by Crippen LogP contribution is 2.22. The van der Waals surface area contributed by atoms with Gasteiger partial charge in [-0.25, -0.2) is 8.42 Å². The highest BCUT2D eigenvalue weighted by molar-refractivity contribution is 7.89. The maximum atomic E-state index is 13.0. The summed E-state index contributed by atoms with van der Waals surface area (Å²) < 4.78 is 32.7. The Morgan fingerprint density at radius 2 is 1.76 bits per heavy atom. The maximum Gasteiger partial charge on any atom is 0.246 e. The summed E-state index contributed by atoms with van der Waals surface area (Å²) in [4.78, 5) is 14.5. The number of amides is 1. The van der Waals surface area contributed by atoms with Crippen LogP contribution in [0.25, 0.3) is 6.08 Å². The van der Waals surface area contributed by atoms with Gasteiger partial charge in [0, 0.05) is 32.3 Å². The Bertz CT molecular complexity index is 1020. The summed E-state index contributed by atoms with van der Waals surface area (Å²) in [6.45, 7) is 4.98. The number of ether oxygens (including phenoxy) is 1. The van der Waals surface area contributed by atoms with E-state index in [1.54, 1.807) is 31.1 Å². The summed E-state index contributed by atoms with van der Waals surface area (Å²) in [5.74, 6) is 0.599. The third kappa shape index (κ3) is 4.86. The average molecular weight is 415 g/mol. The van der Waals surface area contributed by atoms with Crippen LogP contribution in [0.1, 0.15) is 16.7 Å². The van der Waals surface area contributed by atoms with Crippen LogP contribution in [0.15, 0.2) is 53.4 Å². The van der Waals surface area contributed by atoms with E-state index < -0.39 is 10.0 Å². The van der Waals surface area contributed by atoms with Gasteiger partial charge in [-0.2, -0.15) is 4.31 Å². The molecule has 7 heteroatoms. The minimum atomic E-state index is -3.56. The fourth-order valence-corrected chi connectivity index (χ4v) is 5.02. The molecule has 1 aliphatic rings. The van der Waals surface area contributed by atoms with Gasteiger partial charge in [0.2, 0.25) is 15.9 Å². The second kappa shape index (κ2) is 8.80. The second-order valence-corrected chi connectivity index (χ2v) is 9.01. The van der Waals surface area contributed by atoms with Gasteiger partial charge in [0.1, 0.15) is 5.75 Å². The number of hydrogen-bond donors (Lipinski definition) is 0. The SMILES string of the molecule is COc1cccc(/C=C/C(=O)N2CCN(S(=O)(=O)c3cc(C)ccc3C)CC2)c1. The Balaban J connectivity index is 1.64. The van der Waals surface area contributed by atoms with Crippen LogP contribution in [-0.2, 0) is 14.8 Å². The van der Waals surface area contributed by atoms with Gasteiger partial charge in [0.15, 0.2) is 0 Å². The van der Waals surface area contributed by atoms with Crippen molar-refractivity contribution in [1.29, 1.82) is 0 Å². The van der Waals surface area contributed by atoms with Crippen LogP contribution in [0.4, 0.5) is 0 Å². The first-order valence-corrected chi connectivity index (χ1v) is 10.9. The third-order valence-electron chi connectivity index (χ3n) is 5.02. The molecule has 2 aromatic carbocycles. The van der Waals surface area contributed by atoms with Gasteiger partial charge in [-0.05, 0) is 54.8 Å². The zero-order valence-corrected chi connectivity index (χ0v) is 17.8. The molecule has 0 aromatic heterocycles. The highest BCUT2D eigenvalue weighted by Gasteiger charge is 2.30. The molecule has 6 nitrogen and oxygen atoms in total. The lowest BCUT2D eigenvalue weighted by Gasteiger charge is -2.33. The molecule has 1 fully saturated rings. The number of sulfonamides is 1. The van der Waals surface area contributed by atoms with Crippen LogP contribution in [-0.4, -0.2) is 56.8 Å². The topological polar surface area (TPSA) is 66.9 Å². The van der Waals surface area contributed by atoms with E-state index >= 15 is 0 Å². The Morgan fingerprint density at radius 1 is 1.03 bits per heavy atom. The first-order valence-electron chi connectivity index (χ1n) is 9.50. The molecular weight excluding hydrogens is 388 g/mol. The number of rotatable bonds is 5. The molecule has 1 aliphatic heterocycles. The van der Waals surface area contributed by atoms with Gasteiger partial charge in [0.25, 0.3) is 0 Å². The molecule has 0 unspecified atom stereocenters. The van der Waals surface area contributed by atoms with Crippen LogP contribution < -0.4 is 4.74 Å². The molecule has 2 aromatic rings. The van der Waals surface area contributed by atoms with Crippen LogP contribution in [0.5, 0.6) is 5.75 Å². The van der Waals surface area contributed by atoms with Crippen molar-refractivity contribution in [2.45, 2.75) is 18.7 Å². The maximum absolute atomic E-state index is 13.0. The van der Waals surface area contributed by atoms with Crippen LogP contribution >= 0.6 is 0 Å². The zero-order valence-electron chi connectivity index (χ0n) is 17.0. The summed E-state index contributed by atoms with van der Waals surface area (Å²) in [5.41, 5.74) is 2.51. The normalized spacial score (nSPS) is 15.6. The molecule has 0 N–H and O–H groups in total. The molecular formula is C22H26N2O4S. The van der Waals surface area contributed by atoms with E-state index in [0.717, 1.165) is 22.4 Å². The number of hydrogen-bond acceptors (Lipinski definition) is 4. The number of benzene rings is 2. The van der Waals surface area contributed by atoms with Crippen molar-refractivity contribution in [1.82, 2.24) is 9.21 Å².